The number of rotatable bonds is 2. The first-order valence-corrected chi connectivity index (χ1v) is 5.64. The van der Waals surface area contributed by atoms with E-state index >= 15 is 0 Å². The zero-order valence-electron chi connectivity index (χ0n) is 9.04. The average molecular weight is 215 g/mol. The number of fused-ring (bicyclic) bond motifs is 1. The second kappa shape index (κ2) is 3.29. The van der Waals surface area contributed by atoms with Gasteiger partial charge in [-0.3, -0.25) is 0 Å². The van der Waals surface area contributed by atoms with Crippen molar-refractivity contribution in [1.29, 1.82) is 0 Å². The molecule has 1 saturated carbocycles. The van der Waals surface area contributed by atoms with Gasteiger partial charge in [-0.05, 0) is 41.3 Å². The third-order valence-corrected chi connectivity index (χ3v) is 3.66. The first-order valence-electron chi connectivity index (χ1n) is 5.64. The van der Waals surface area contributed by atoms with Crippen LogP contribution in [0.5, 0.6) is 0 Å². The molecule has 1 fully saturated rings. The molecule has 2 aromatic rings. The van der Waals surface area contributed by atoms with Crippen molar-refractivity contribution in [3.63, 3.8) is 0 Å². The fraction of sp³-hybridized carbons (Fsp3) is 0.286. The fourth-order valence-electron chi connectivity index (χ4n) is 2.45. The lowest BCUT2D eigenvalue weighted by atomic mass is 9.91. The number of nitrogens with two attached hydrogens (primary N) is 1. The van der Waals surface area contributed by atoms with Crippen LogP contribution < -0.4 is 5.73 Å². The lowest BCUT2D eigenvalue weighted by Crippen LogP contribution is -2.19. The highest BCUT2D eigenvalue weighted by molar-refractivity contribution is 5.87. The van der Waals surface area contributed by atoms with Gasteiger partial charge in [-0.1, -0.05) is 24.3 Å². The topological polar surface area (TPSA) is 26.0 Å². The molecule has 0 saturated heterocycles. The van der Waals surface area contributed by atoms with Gasteiger partial charge in [0.05, 0.1) is 0 Å². The van der Waals surface area contributed by atoms with E-state index in [1.165, 1.54) is 11.6 Å². The Bertz CT molecular complexity index is 543. The van der Waals surface area contributed by atoms with Gasteiger partial charge >= 0.3 is 0 Å². The summed E-state index contributed by atoms with van der Waals surface area (Å²) in [4.78, 5) is 0. The molecule has 0 bridgehead atoms. The predicted octanol–water partition coefficient (Wildman–Crippen LogP) is 2.97. The molecule has 0 amide bonds. The summed E-state index contributed by atoms with van der Waals surface area (Å²) in [6.45, 7) is 0.684. The smallest absolute Gasteiger partial charge is 0.123 e. The maximum absolute atomic E-state index is 13.1. The molecule has 1 nitrogen and oxygen atoms in total. The van der Waals surface area contributed by atoms with Crippen LogP contribution in [-0.2, 0) is 5.41 Å². The molecule has 0 heterocycles. The summed E-state index contributed by atoms with van der Waals surface area (Å²) in [6, 6.07) is 11.1. The highest BCUT2D eigenvalue weighted by Crippen LogP contribution is 2.49. The molecule has 2 N–H and O–H groups in total. The summed E-state index contributed by atoms with van der Waals surface area (Å²) >= 11 is 0. The molecule has 2 aromatic carbocycles. The van der Waals surface area contributed by atoms with Gasteiger partial charge < -0.3 is 5.73 Å². The van der Waals surface area contributed by atoms with Crippen LogP contribution >= 0.6 is 0 Å². The van der Waals surface area contributed by atoms with Gasteiger partial charge in [0.25, 0.3) is 0 Å². The van der Waals surface area contributed by atoms with E-state index in [9.17, 15) is 4.39 Å². The Kier molecular flexibility index (Phi) is 2.01. The van der Waals surface area contributed by atoms with Crippen LogP contribution in [0.3, 0.4) is 0 Å². The molecule has 0 radical (unpaired) electrons. The van der Waals surface area contributed by atoms with E-state index in [4.69, 9.17) is 5.73 Å². The van der Waals surface area contributed by atoms with Gasteiger partial charge in [-0.2, -0.15) is 0 Å². The van der Waals surface area contributed by atoms with Gasteiger partial charge in [0, 0.05) is 12.0 Å². The molecule has 3 rings (SSSR count). The Labute approximate surface area is 94.1 Å². The van der Waals surface area contributed by atoms with E-state index in [2.05, 4.69) is 6.07 Å². The van der Waals surface area contributed by atoms with E-state index in [1.54, 1.807) is 6.07 Å². The summed E-state index contributed by atoms with van der Waals surface area (Å²) in [5.74, 6) is -0.178. The molecule has 2 heteroatoms. The summed E-state index contributed by atoms with van der Waals surface area (Å²) < 4.78 is 13.1. The van der Waals surface area contributed by atoms with Gasteiger partial charge in [0.2, 0.25) is 0 Å². The van der Waals surface area contributed by atoms with Crippen LogP contribution in [-0.4, -0.2) is 6.54 Å². The van der Waals surface area contributed by atoms with E-state index in [1.807, 2.05) is 18.2 Å². The Morgan fingerprint density at radius 3 is 2.69 bits per heavy atom. The summed E-state index contributed by atoms with van der Waals surface area (Å²) in [7, 11) is 0. The maximum atomic E-state index is 13.1. The lowest BCUT2D eigenvalue weighted by Gasteiger charge is -2.15. The Hall–Kier alpha value is -1.41. The lowest BCUT2D eigenvalue weighted by molar-refractivity contribution is 0.629. The number of benzene rings is 2. The minimum Gasteiger partial charge on any atom is -0.330 e. The predicted molar refractivity (Wildman–Crippen MR) is 63.9 cm³/mol. The first kappa shape index (κ1) is 9.79. The van der Waals surface area contributed by atoms with E-state index in [0.717, 1.165) is 23.6 Å². The number of halogens is 1. The maximum Gasteiger partial charge on any atom is 0.123 e. The number of hydrogen-bond acceptors (Lipinski definition) is 1. The van der Waals surface area contributed by atoms with E-state index in [-0.39, 0.29) is 11.2 Å². The Balaban J connectivity index is 2.26. The monoisotopic (exact) mass is 215 g/mol. The molecular weight excluding hydrogens is 201 g/mol. The van der Waals surface area contributed by atoms with E-state index in [0.29, 0.717) is 6.54 Å². The SMILES string of the molecule is NCC1(c2cccc3cc(F)ccc23)CC1. The molecule has 0 atom stereocenters. The van der Waals surface area contributed by atoms with Crippen LogP contribution in [0.1, 0.15) is 18.4 Å². The molecule has 0 spiro atoms. The molecule has 16 heavy (non-hydrogen) atoms. The molecule has 1 aliphatic carbocycles. The van der Waals surface area contributed by atoms with Crippen molar-refractivity contribution in [3.05, 3.63) is 47.8 Å². The van der Waals surface area contributed by atoms with Crippen LogP contribution in [0.4, 0.5) is 4.39 Å². The van der Waals surface area contributed by atoms with Crippen LogP contribution in [0.15, 0.2) is 36.4 Å². The van der Waals surface area contributed by atoms with Crippen molar-refractivity contribution in [2.24, 2.45) is 5.73 Å². The van der Waals surface area contributed by atoms with Crippen LogP contribution in [0.2, 0.25) is 0 Å². The third-order valence-electron chi connectivity index (χ3n) is 3.66. The number of hydrogen-bond donors (Lipinski definition) is 1. The molecule has 0 aliphatic heterocycles. The van der Waals surface area contributed by atoms with Gasteiger partial charge in [0.1, 0.15) is 5.82 Å². The summed E-state index contributed by atoms with van der Waals surface area (Å²) in [6.07, 6.45) is 2.31. The average Bonchev–Trinajstić information content (AvgIpc) is 3.08. The largest absolute Gasteiger partial charge is 0.330 e. The fourth-order valence-corrected chi connectivity index (χ4v) is 2.45. The second-order valence-corrected chi connectivity index (χ2v) is 4.66. The Morgan fingerprint density at radius 2 is 2.00 bits per heavy atom. The van der Waals surface area contributed by atoms with E-state index < -0.39 is 0 Å². The van der Waals surface area contributed by atoms with Crippen molar-refractivity contribution in [3.8, 4) is 0 Å². The van der Waals surface area contributed by atoms with Crippen molar-refractivity contribution < 1.29 is 4.39 Å². The van der Waals surface area contributed by atoms with Crippen molar-refractivity contribution in [2.75, 3.05) is 6.54 Å². The highest BCUT2D eigenvalue weighted by Gasteiger charge is 2.43. The minimum absolute atomic E-state index is 0.164. The molecule has 0 aromatic heterocycles. The Morgan fingerprint density at radius 1 is 1.19 bits per heavy atom. The molecular formula is C14H14FN. The second-order valence-electron chi connectivity index (χ2n) is 4.66. The normalized spacial score (nSPS) is 17.6. The van der Waals surface area contributed by atoms with Gasteiger partial charge in [0.15, 0.2) is 0 Å². The van der Waals surface area contributed by atoms with Crippen LogP contribution in [0, 0.1) is 5.82 Å². The van der Waals surface area contributed by atoms with Crippen LogP contribution in [0.25, 0.3) is 10.8 Å². The zero-order valence-corrected chi connectivity index (χ0v) is 9.04. The zero-order chi connectivity index (χ0) is 11.2. The molecule has 1 aliphatic rings. The van der Waals surface area contributed by atoms with Crippen molar-refractivity contribution >= 4 is 10.8 Å². The van der Waals surface area contributed by atoms with Gasteiger partial charge in [-0.15, -0.1) is 0 Å². The minimum atomic E-state index is -0.178. The third kappa shape index (κ3) is 1.34. The summed E-state index contributed by atoms with van der Waals surface area (Å²) in [5, 5.41) is 2.11. The van der Waals surface area contributed by atoms with Crippen molar-refractivity contribution in [2.45, 2.75) is 18.3 Å². The molecule has 0 unspecified atom stereocenters. The first-order chi connectivity index (χ1) is 7.75. The van der Waals surface area contributed by atoms with Gasteiger partial charge in [-0.25, -0.2) is 4.39 Å². The quantitative estimate of drug-likeness (QED) is 0.818. The molecule has 82 valence electrons. The highest BCUT2D eigenvalue weighted by atomic mass is 19.1. The standard InChI is InChI=1S/C14H14FN/c15-11-4-5-12-10(8-11)2-1-3-13(12)14(9-16)6-7-14/h1-5,8H,6-7,9,16H2. The van der Waals surface area contributed by atoms with Crippen molar-refractivity contribution in [1.82, 2.24) is 0 Å². The summed E-state index contributed by atoms with van der Waals surface area (Å²) in [5.41, 5.74) is 7.30.